The summed E-state index contributed by atoms with van der Waals surface area (Å²) in [5, 5.41) is 10.4. The Labute approximate surface area is 106 Å². The monoisotopic (exact) mass is 245 g/mol. The second-order valence-corrected chi connectivity index (χ2v) is 3.74. The molecule has 0 aliphatic carbocycles. The van der Waals surface area contributed by atoms with Crippen LogP contribution < -0.4 is 9.47 Å². The minimum atomic E-state index is -0.878. The van der Waals surface area contributed by atoms with E-state index >= 15 is 0 Å². The van der Waals surface area contributed by atoms with Gasteiger partial charge in [-0.25, -0.2) is 0 Å². The van der Waals surface area contributed by atoms with Crippen LogP contribution in [0.3, 0.4) is 0 Å². The summed E-state index contributed by atoms with van der Waals surface area (Å²) in [4.78, 5) is 4.17. The van der Waals surface area contributed by atoms with Gasteiger partial charge in [-0.3, -0.25) is 4.98 Å². The van der Waals surface area contributed by atoms with Crippen LogP contribution in [-0.2, 0) is 0 Å². The van der Waals surface area contributed by atoms with Gasteiger partial charge in [-0.1, -0.05) is 18.2 Å². The maximum atomic E-state index is 10.4. The van der Waals surface area contributed by atoms with E-state index in [4.69, 9.17) is 9.47 Å². The number of hydrogen-bond donors (Lipinski definition) is 1. The Morgan fingerprint density at radius 3 is 2.39 bits per heavy atom. The van der Waals surface area contributed by atoms with Gasteiger partial charge in [0.15, 0.2) is 0 Å². The average molecular weight is 245 g/mol. The first-order valence-electron chi connectivity index (χ1n) is 5.57. The maximum absolute atomic E-state index is 10.4. The molecule has 0 saturated heterocycles. The molecule has 0 amide bonds. The topological polar surface area (TPSA) is 51.6 Å². The molecule has 94 valence electrons. The summed E-state index contributed by atoms with van der Waals surface area (Å²) in [6.07, 6.45) is 0.744. The van der Waals surface area contributed by atoms with E-state index in [0.29, 0.717) is 22.8 Å². The van der Waals surface area contributed by atoms with Crippen molar-refractivity contribution in [3.8, 4) is 11.5 Å². The van der Waals surface area contributed by atoms with Gasteiger partial charge < -0.3 is 14.6 Å². The summed E-state index contributed by atoms with van der Waals surface area (Å²) < 4.78 is 10.4. The Morgan fingerprint density at radius 2 is 1.67 bits per heavy atom. The molecule has 1 heterocycles. The lowest BCUT2D eigenvalue weighted by Crippen LogP contribution is -2.06. The molecule has 0 radical (unpaired) electrons. The summed E-state index contributed by atoms with van der Waals surface area (Å²) >= 11 is 0. The van der Waals surface area contributed by atoms with Crippen LogP contribution in [0, 0.1) is 0 Å². The van der Waals surface area contributed by atoms with Crippen molar-refractivity contribution in [3.63, 3.8) is 0 Å². The minimum absolute atomic E-state index is 0.476. The zero-order chi connectivity index (χ0) is 13.0. The Hall–Kier alpha value is -2.07. The Balaban J connectivity index is 2.44. The van der Waals surface area contributed by atoms with Crippen molar-refractivity contribution < 1.29 is 14.6 Å². The Morgan fingerprint density at radius 1 is 1.00 bits per heavy atom. The first-order valence-corrected chi connectivity index (χ1v) is 5.57. The molecule has 2 rings (SSSR count). The lowest BCUT2D eigenvalue weighted by molar-refractivity contribution is 0.204. The van der Waals surface area contributed by atoms with E-state index in [1.54, 1.807) is 44.7 Å². The number of hydrogen-bond acceptors (Lipinski definition) is 4. The van der Waals surface area contributed by atoms with Gasteiger partial charge in [0.1, 0.15) is 23.3 Å². The van der Waals surface area contributed by atoms with E-state index in [0.717, 1.165) is 0 Å². The number of ether oxygens (including phenoxy) is 2. The second-order valence-electron chi connectivity index (χ2n) is 3.74. The predicted molar refractivity (Wildman–Crippen MR) is 67.8 cm³/mol. The zero-order valence-corrected chi connectivity index (χ0v) is 10.3. The van der Waals surface area contributed by atoms with Crippen molar-refractivity contribution in [3.05, 3.63) is 53.9 Å². The molecule has 1 aromatic heterocycles. The van der Waals surface area contributed by atoms with Crippen molar-refractivity contribution in [2.45, 2.75) is 6.10 Å². The van der Waals surface area contributed by atoms with Gasteiger partial charge >= 0.3 is 0 Å². The first-order chi connectivity index (χ1) is 8.77. The molecule has 2 aromatic rings. The number of para-hydroxylation sites is 1. The molecular formula is C14H15NO3. The first kappa shape index (κ1) is 12.4. The van der Waals surface area contributed by atoms with Crippen LogP contribution in [-0.4, -0.2) is 24.3 Å². The predicted octanol–water partition coefficient (Wildman–Crippen LogP) is 2.18. The molecule has 18 heavy (non-hydrogen) atoms. The van der Waals surface area contributed by atoms with E-state index in [9.17, 15) is 5.11 Å². The summed E-state index contributed by atoms with van der Waals surface area (Å²) in [6.45, 7) is 0. The molecule has 0 fully saturated rings. The highest BCUT2D eigenvalue weighted by atomic mass is 16.5. The summed E-state index contributed by atoms with van der Waals surface area (Å²) in [5.41, 5.74) is 1.14. The SMILES string of the molecule is COc1ccccc1C(O)c1ncccc1OC. The maximum Gasteiger partial charge on any atom is 0.143 e. The van der Waals surface area contributed by atoms with Gasteiger partial charge in [-0.2, -0.15) is 0 Å². The van der Waals surface area contributed by atoms with E-state index in [1.807, 2.05) is 12.1 Å². The summed E-state index contributed by atoms with van der Waals surface area (Å²) in [7, 11) is 3.12. The Kier molecular flexibility index (Phi) is 3.79. The van der Waals surface area contributed by atoms with E-state index < -0.39 is 6.10 Å². The molecule has 4 heteroatoms. The van der Waals surface area contributed by atoms with E-state index in [-0.39, 0.29) is 0 Å². The summed E-state index contributed by atoms with van der Waals surface area (Å²) in [6, 6.07) is 10.8. The highest BCUT2D eigenvalue weighted by molar-refractivity contribution is 5.42. The standard InChI is InChI=1S/C14H15NO3/c1-17-11-7-4-3-6-10(11)14(16)13-12(18-2)8-5-9-15-13/h3-9,14,16H,1-2H3. The minimum Gasteiger partial charge on any atom is -0.496 e. The number of aliphatic hydroxyl groups excluding tert-OH is 1. The van der Waals surface area contributed by atoms with Gasteiger partial charge in [0.2, 0.25) is 0 Å². The van der Waals surface area contributed by atoms with Crippen LogP contribution >= 0.6 is 0 Å². The number of aromatic nitrogens is 1. The number of nitrogens with zero attached hydrogens (tertiary/aromatic N) is 1. The largest absolute Gasteiger partial charge is 0.496 e. The highest BCUT2D eigenvalue weighted by Gasteiger charge is 2.19. The molecule has 0 spiro atoms. The van der Waals surface area contributed by atoms with Crippen molar-refractivity contribution in [1.29, 1.82) is 0 Å². The van der Waals surface area contributed by atoms with Gasteiger partial charge in [-0.15, -0.1) is 0 Å². The fraction of sp³-hybridized carbons (Fsp3) is 0.214. The molecule has 1 unspecified atom stereocenters. The van der Waals surface area contributed by atoms with Gasteiger partial charge in [0, 0.05) is 11.8 Å². The number of methoxy groups -OCH3 is 2. The number of rotatable bonds is 4. The summed E-state index contributed by atoms with van der Waals surface area (Å²) in [5.74, 6) is 1.17. The fourth-order valence-corrected chi connectivity index (χ4v) is 1.82. The van der Waals surface area contributed by atoms with E-state index in [2.05, 4.69) is 4.98 Å². The third-order valence-corrected chi connectivity index (χ3v) is 2.71. The molecule has 0 bridgehead atoms. The van der Waals surface area contributed by atoms with Crippen LogP contribution in [0.15, 0.2) is 42.6 Å². The molecule has 1 N–H and O–H groups in total. The normalized spacial score (nSPS) is 11.9. The Bertz CT molecular complexity index is 480. The van der Waals surface area contributed by atoms with Gasteiger partial charge in [-0.05, 0) is 18.2 Å². The third kappa shape index (κ3) is 2.28. The molecular weight excluding hydrogens is 230 g/mol. The lowest BCUT2D eigenvalue weighted by atomic mass is 10.0. The molecule has 1 atom stereocenters. The zero-order valence-electron chi connectivity index (χ0n) is 10.3. The number of pyridine rings is 1. The second kappa shape index (κ2) is 5.51. The lowest BCUT2D eigenvalue weighted by Gasteiger charge is -2.16. The van der Waals surface area contributed by atoms with Gasteiger partial charge in [0.05, 0.1) is 14.2 Å². The fourth-order valence-electron chi connectivity index (χ4n) is 1.82. The molecule has 0 aliphatic heterocycles. The molecule has 1 aromatic carbocycles. The van der Waals surface area contributed by atoms with Crippen molar-refractivity contribution >= 4 is 0 Å². The van der Waals surface area contributed by atoms with Crippen LogP contribution in [0.1, 0.15) is 17.4 Å². The average Bonchev–Trinajstić information content (AvgIpc) is 2.46. The van der Waals surface area contributed by atoms with Crippen LogP contribution in [0.4, 0.5) is 0 Å². The van der Waals surface area contributed by atoms with Crippen molar-refractivity contribution in [2.24, 2.45) is 0 Å². The molecule has 0 aliphatic rings. The van der Waals surface area contributed by atoms with Crippen molar-refractivity contribution in [1.82, 2.24) is 4.98 Å². The van der Waals surface area contributed by atoms with Crippen LogP contribution in [0.25, 0.3) is 0 Å². The highest BCUT2D eigenvalue weighted by Crippen LogP contribution is 2.32. The van der Waals surface area contributed by atoms with Crippen LogP contribution in [0.2, 0.25) is 0 Å². The van der Waals surface area contributed by atoms with Gasteiger partial charge in [0.25, 0.3) is 0 Å². The molecule has 0 saturated carbocycles. The quantitative estimate of drug-likeness (QED) is 0.897. The molecule has 4 nitrogen and oxygen atoms in total. The van der Waals surface area contributed by atoms with Crippen molar-refractivity contribution in [2.75, 3.05) is 14.2 Å². The number of aliphatic hydroxyl groups is 1. The third-order valence-electron chi connectivity index (χ3n) is 2.71. The van der Waals surface area contributed by atoms with Crippen LogP contribution in [0.5, 0.6) is 11.5 Å². The van der Waals surface area contributed by atoms with E-state index in [1.165, 1.54) is 0 Å². The smallest absolute Gasteiger partial charge is 0.143 e. The number of benzene rings is 1.